The predicted molar refractivity (Wildman–Crippen MR) is 126 cm³/mol. The molecule has 0 aliphatic carbocycles. The lowest BCUT2D eigenvalue weighted by molar-refractivity contribution is 0.429. The third-order valence-corrected chi connectivity index (χ3v) is 6.05. The second-order valence-electron chi connectivity index (χ2n) is 7.41. The molecule has 0 atom stereocenters. The van der Waals surface area contributed by atoms with Crippen LogP contribution in [0.2, 0.25) is 10.0 Å². The predicted octanol–water partition coefficient (Wildman–Crippen LogP) is 6.84. The Labute approximate surface area is 191 Å². The highest BCUT2D eigenvalue weighted by Gasteiger charge is 2.12. The number of nitrogens with zero attached hydrogens (tertiary/aromatic N) is 4. The Balaban J connectivity index is 1.72. The van der Waals surface area contributed by atoms with Crippen molar-refractivity contribution < 1.29 is 4.74 Å². The van der Waals surface area contributed by atoms with Crippen molar-refractivity contribution in [1.82, 2.24) is 14.3 Å². The van der Waals surface area contributed by atoms with Gasteiger partial charge in [0.2, 0.25) is 0 Å². The van der Waals surface area contributed by atoms with Crippen LogP contribution >= 0.6 is 34.7 Å². The maximum Gasteiger partial charge on any atom is 0.298 e. The fraction of sp³-hybridized carbons (Fsp3) is 0.318. The third-order valence-electron chi connectivity index (χ3n) is 4.68. The number of ether oxygens (including phenoxy) is 1. The van der Waals surface area contributed by atoms with Crippen molar-refractivity contribution in [2.75, 3.05) is 7.05 Å². The van der Waals surface area contributed by atoms with E-state index in [-0.39, 0.29) is 0 Å². The van der Waals surface area contributed by atoms with Gasteiger partial charge in [0, 0.05) is 31.0 Å². The molecule has 0 saturated carbocycles. The Morgan fingerprint density at radius 2 is 1.90 bits per heavy atom. The first-order valence-electron chi connectivity index (χ1n) is 9.54. The first-order valence-corrected chi connectivity index (χ1v) is 11.1. The zero-order valence-electron chi connectivity index (χ0n) is 17.6. The normalized spacial score (nSPS) is 11.5. The number of halogens is 2. The molecule has 2 aromatic carbocycles. The molecule has 0 saturated heterocycles. The van der Waals surface area contributed by atoms with Gasteiger partial charge in [-0.2, -0.15) is 9.36 Å². The van der Waals surface area contributed by atoms with Crippen molar-refractivity contribution in [2.45, 2.75) is 40.2 Å². The van der Waals surface area contributed by atoms with E-state index in [4.69, 9.17) is 27.9 Å². The fourth-order valence-corrected chi connectivity index (χ4v) is 3.47. The molecule has 8 heteroatoms. The zero-order valence-corrected chi connectivity index (χ0v) is 19.9. The average Bonchev–Trinajstić information content (AvgIpc) is 3.12. The van der Waals surface area contributed by atoms with Crippen LogP contribution in [-0.2, 0) is 6.42 Å². The van der Waals surface area contributed by atoms with E-state index in [1.165, 1.54) is 11.5 Å². The molecule has 5 nitrogen and oxygen atoms in total. The van der Waals surface area contributed by atoms with Crippen LogP contribution in [0.3, 0.4) is 0 Å². The zero-order chi connectivity index (χ0) is 21.8. The number of hydrogen-bond acceptors (Lipinski definition) is 5. The van der Waals surface area contributed by atoms with Gasteiger partial charge in [0.05, 0.1) is 22.1 Å². The van der Waals surface area contributed by atoms with Gasteiger partial charge in [0.1, 0.15) is 5.75 Å². The molecule has 0 aliphatic heterocycles. The van der Waals surface area contributed by atoms with Crippen LogP contribution in [0.1, 0.15) is 36.4 Å². The molecular weight excluding hydrogens is 439 g/mol. The van der Waals surface area contributed by atoms with Gasteiger partial charge in [0.25, 0.3) is 5.19 Å². The van der Waals surface area contributed by atoms with E-state index >= 15 is 0 Å². The van der Waals surface area contributed by atoms with E-state index in [1.54, 1.807) is 6.07 Å². The second-order valence-corrected chi connectivity index (χ2v) is 8.94. The molecule has 0 aliphatic rings. The maximum atomic E-state index is 6.09. The Morgan fingerprint density at radius 1 is 1.13 bits per heavy atom. The highest BCUT2D eigenvalue weighted by molar-refractivity contribution is 7.07. The molecule has 30 heavy (non-hydrogen) atoms. The van der Waals surface area contributed by atoms with Crippen LogP contribution in [0.4, 0.5) is 5.69 Å². The van der Waals surface area contributed by atoms with Crippen molar-refractivity contribution in [3.8, 4) is 10.9 Å². The fourth-order valence-electron chi connectivity index (χ4n) is 2.59. The number of rotatable bonds is 7. The number of aryl methyl sites for hydroxylation is 2. The first kappa shape index (κ1) is 22.5. The molecule has 3 rings (SSSR count). The molecule has 0 fully saturated rings. The van der Waals surface area contributed by atoms with Gasteiger partial charge in [-0.05, 0) is 68.7 Å². The summed E-state index contributed by atoms with van der Waals surface area (Å²) in [6.07, 6.45) is 2.42. The van der Waals surface area contributed by atoms with E-state index in [2.05, 4.69) is 33.1 Å². The van der Waals surface area contributed by atoms with Crippen molar-refractivity contribution in [2.24, 2.45) is 4.99 Å². The van der Waals surface area contributed by atoms with Gasteiger partial charge in [-0.3, -0.25) is 0 Å². The van der Waals surface area contributed by atoms with Crippen LogP contribution in [0.25, 0.3) is 0 Å². The van der Waals surface area contributed by atoms with Crippen LogP contribution in [0, 0.1) is 13.8 Å². The van der Waals surface area contributed by atoms with Crippen molar-refractivity contribution in [3.63, 3.8) is 0 Å². The standard InChI is InChI=1S/C22H24Cl2N4OS/c1-13(2)28(5)12-25-19-8-15(4)20(9-14(19)3)29-22-26-21(27-30-22)11-16-6-7-17(23)18(24)10-16/h6-10,12-13H,11H2,1-5H3. The van der Waals surface area contributed by atoms with Gasteiger partial charge in [-0.15, -0.1) is 0 Å². The number of aliphatic imine (C=N–C) groups is 1. The minimum absolute atomic E-state index is 0.397. The largest absolute Gasteiger partial charge is 0.430 e. The number of hydrogen-bond donors (Lipinski definition) is 0. The summed E-state index contributed by atoms with van der Waals surface area (Å²) in [6.45, 7) is 8.26. The summed E-state index contributed by atoms with van der Waals surface area (Å²) in [7, 11) is 2.01. The summed E-state index contributed by atoms with van der Waals surface area (Å²) in [5.74, 6) is 1.43. The van der Waals surface area contributed by atoms with Crippen LogP contribution in [0.5, 0.6) is 10.9 Å². The van der Waals surface area contributed by atoms with E-state index in [0.717, 1.165) is 28.1 Å². The molecule has 0 amide bonds. The molecule has 3 aromatic rings. The average molecular weight is 463 g/mol. The van der Waals surface area contributed by atoms with Crippen molar-refractivity contribution in [1.29, 1.82) is 0 Å². The molecule has 158 valence electrons. The maximum absolute atomic E-state index is 6.09. The Morgan fingerprint density at radius 3 is 2.60 bits per heavy atom. The first-order chi connectivity index (χ1) is 14.2. The molecule has 0 unspecified atom stereocenters. The van der Waals surface area contributed by atoms with Crippen LogP contribution < -0.4 is 4.74 Å². The molecule has 0 spiro atoms. The van der Waals surface area contributed by atoms with E-state index in [1.807, 2.05) is 51.5 Å². The van der Waals surface area contributed by atoms with Gasteiger partial charge >= 0.3 is 0 Å². The summed E-state index contributed by atoms with van der Waals surface area (Å²) in [5.41, 5.74) is 3.94. The topological polar surface area (TPSA) is 50.6 Å². The molecular formula is C22H24Cl2N4OS. The summed E-state index contributed by atoms with van der Waals surface area (Å²) in [5, 5.41) is 1.56. The summed E-state index contributed by atoms with van der Waals surface area (Å²) in [6, 6.07) is 9.92. The van der Waals surface area contributed by atoms with E-state index in [0.29, 0.717) is 33.5 Å². The monoisotopic (exact) mass is 462 g/mol. The van der Waals surface area contributed by atoms with E-state index < -0.39 is 0 Å². The molecule has 0 radical (unpaired) electrons. The smallest absolute Gasteiger partial charge is 0.298 e. The lowest BCUT2D eigenvalue weighted by Crippen LogP contribution is -2.24. The van der Waals surface area contributed by atoms with E-state index in [9.17, 15) is 0 Å². The molecule has 0 bridgehead atoms. The summed E-state index contributed by atoms with van der Waals surface area (Å²) in [4.78, 5) is 11.2. The Bertz CT molecular complexity index is 1070. The third kappa shape index (κ3) is 5.72. The van der Waals surface area contributed by atoms with Crippen LogP contribution in [0.15, 0.2) is 35.3 Å². The summed E-state index contributed by atoms with van der Waals surface area (Å²) < 4.78 is 10.4. The van der Waals surface area contributed by atoms with Gasteiger partial charge in [0.15, 0.2) is 5.82 Å². The molecule has 0 N–H and O–H groups in total. The van der Waals surface area contributed by atoms with Gasteiger partial charge < -0.3 is 9.64 Å². The molecule has 1 aromatic heterocycles. The quantitative estimate of drug-likeness (QED) is 0.284. The SMILES string of the molecule is Cc1cc(Oc2nc(Cc3ccc(Cl)c(Cl)c3)ns2)c(C)cc1N=CN(C)C(C)C. The number of benzene rings is 2. The van der Waals surface area contributed by atoms with Crippen LogP contribution in [-0.4, -0.2) is 33.7 Å². The second kappa shape index (κ2) is 9.77. The Hall–Kier alpha value is -2.15. The minimum atomic E-state index is 0.397. The van der Waals surface area contributed by atoms with Crippen molar-refractivity contribution in [3.05, 3.63) is 62.9 Å². The lowest BCUT2D eigenvalue weighted by Gasteiger charge is -2.17. The highest BCUT2D eigenvalue weighted by Crippen LogP contribution is 2.32. The summed E-state index contributed by atoms with van der Waals surface area (Å²) >= 11 is 13.3. The number of aromatic nitrogens is 2. The Kier molecular flexibility index (Phi) is 7.34. The molecule has 1 heterocycles. The lowest BCUT2D eigenvalue weighted by atomic mass is 10.1. The van der Waals surface area contributed by atoms with Gasteiger partial charge in [-0.25, -0.2) is 4.99 Å². The highest BCUT2D eigenvalue weighted by atomic mass is 35.5. The van der Waals surface area contributed by atoms with Crippen molar-refractivity contribution >= 4 is 46.8 Å². The van der Waals surface area contributed by atoms with Gasteiger partial charge in [-0.1, -0.05) is 29.3 Å². The minimum Gasteiger partial charge on any atom is -0.430 e.